The summed E-state index contributed by atoms with van der Waals surface area (Å²) in [5.41, 5.74) is 1.80. The van der Waals surface area contributed by atoms with Crippen LogP contribution in [0.1, 0.15) is 48.9 Å². The van der Waals surface area contributed by atoms with Crippen molar-refractivity contribution in [3.05, 3.63) is 29.6 Å². The Bertz CT molecular complexity index is 677. The van der Waals surface area contributed by atoms with Crippen molar-refractivity contribution in [2.75, 3.05) is 6.61 Å². The molecule has 0 bridgehead atoms. The van der Waals surface area contributed by atoms with Gasteiger partial charge in [0.2, 0.25) is 0 Å². The molecule has 5 nitrogen and oxygen atoms in total. The van der Waals surface area contributed by atoms with Gasteiger partial charge in [-0.3, -0.25) is 0 Å². The van der Waals surface area contributed by atoms with E-state index in [0.29, 0.717) is 11.6 Å². The van der Waals surface area contributed by atoms with Crippen LogP contribution >= 0.6 is 0 Å². The fraction of sp³-hybridized carbons (Fsp3) is 0.500. The Kier molecular flexibility index (Phi) is 3.68. The predicted molar refractivity (Wildman–Crippen MR) is 79.8 cm³/mol. The number of hydrogen-bond donors (Lipinski definition) is 1. The fourth-order valence-electron chi connectivity index (χ4n) is 3.20. The zero-order valence-corrected chi connectivity index (χ0v) is 12.4. The average Bonchev–Trinajstić information content (AvgIpc) is 2.85. The Hall–Kier alpha value is -1.88. The fourth-order valence-corrected chi connectivity index (χ4v) is 3.20. The van der Waals surface area contributed by atoms with Crippen LogP contribution in [-0.4, -0.2) is 33.3 Å². The summed E-state index contributed by atoms with van der Waals surface area (Å²) in [5, 5.41) is 9.34. The van der Waals surface area contributed by atoms with Crippen LogP contribution < -0.4 is 0 Å². The number of rotatable bonds is 3. The maximum absolute atomic E-state index is 11.4. The molecule has 2 aromatic rings. The Morgan fingerprint density at radius 3 is 3.00 bits per heavy atom. The number of aromatic nitrogens is 2. The van der Waals surface area contributed by atoms with Crippen molar-refractivity contribution >= 4 is 17.0 Å². The molecule has 21 heavy (non-hydrogen) atoms. The highest BCUT2D eigenvalue weighted by molar-refractivity contribution is 6.01. The van der Waals surface area contributed by atoms with E-state index in [0.717, 1.165) is 37.2 Å². The van der Waals surface area contributed by atoms with Crippen molar-refractivity contribution in [2.24, 2.45) is 0 Å². The van der Waals surface area contributed by atoms with Gasteiger partial charge in [-0.25, -0.2) is 9.78 Å². The molecule has 2 unspecified atom stereocenters. The third-order valence-electron chi connectivity index (χ3n) is 4.16. The van der Waals surface area contributed by atoms with E-state index >= 15 is 0 Å². The Labute approximate surface area is 123 Å². The number of nitrogens with zero attached hydrogens (tertiary/aromatic N) is 2. The second-order valence-corrected chi connectivity index (χ2v) is 5.59. The molecule has 112 valence electrons. The number of carboxylic acids is 1. The topological polar surface area (TPSA) is 64.3 Å². The van der Waals surface area contributed by atoms with E-state index < -0.39 is 5.97 Å². The maximum Gasteiger partial charge on any atom is 0.337 e. The van der Waals surface area contributed by atoms with Gasteiger partial charge in [-0.1, -0.05) is 13.0 Å². The summed E-state index contributed by atoms with van der Waals surface area (Å²) in [6.07, 6.45) is 2.91. The third kappa shape index (κ3) is 2.42. The number of aryl methyl sites for hydroxylation is 1. The lowest BCUT2D eigenvalue weighted by atomic mass is 10.0. The minimum atomic E-state index is -0.923. The molecule has 1 fully saturated rings. The lowest BCUT2D eigenvalue weighted by Gasteiger charge is -2.29. The summed E-state index contributed by atoms with van der Waals surface area (Å²) in [5.74, 6) is 0.0334. The first-order valence-electron chi connectivity index (χ1n) is 7.46. The standard InChI is InChI=1S/C16H20N2O3/c1-3-14-17-15-12(16(19)20)5-4-6-13(15)18(14)11-7-8-21-10(2)9-11/h4-6,10-11H,3,7-9H2,1-2H3,(H,19,20). The van der Waals surface area contributed by atoms with Crippen LogP contribution in [0.4, 0.5) is 0 Å². The van der Waals surface area contributed by atoms with Crippen LogP contribution in [-0.2, 0) is 11.2 Å². The van der Waals surface area contributed by atoms with E-state index in [-0.39, 0.29) is 11.7 Å². The first-order valence-corrected chi connectivity index (χ1v) is 7.46. The SMILES string of the molecule is CCc1nc2c(C(=O)O)cccc2n1C1CCOC(C)C1. The first kappa shape index (κ1) is 14.1. The number of hydrogen-bond acceptors (Lipinski definition) is 3. The lowest BCUT2D eigenvalue weighted by Crippen LogP contribution is -2.26. The molecule has 1 aromatic carbocycles. The zero-order valence-electron chi connectivity index (χ0n) is 12.4. The monoisotopic (exact) mass is 288 g/mol. The molecule has 1 N–H and O–H groups in total. The number of ether oxygens (including phenoxy) is 1. The molecule has 0 amide bonds. The first-order chi connectivity index (χ1) is 10.1. The quantitative estimate of drug-likeness (QED) is 0.942. The van der Waals surface area contributed by atoms with Crippen LogP contribution in [0.2, 0.25) is 0 Å². The molecule has 5 heteroatoms. The molecule has 0 radical (unpaired) electrons. The van der Waals surface area contributed by atoms with Gasteiger partial charge >= 0.3 is 5.97 Å². The van der Waals surface area contributed by atoms with Gasteiger partial charge in [0.05, 0.1) is 17.2 Å². The van der Waals surface area contributed by atoms with Crippen LogP contribution in [0.25, 0.3) is 11.0 Å². The number of fused-ring (bicyclic) bond motifs is 1. The molecule has 0 aliphatic carbocycles. The van der Waals surface area contributed by atoms with Gasteiger partial charge in [0.15, 0.2) is 0 Å². The number of carbonyl (C=O) groups is 1. The van der Waals surface area contributed by atoms with E-state index in [1.807, 2.05) is 6.07 Å². The van der Waals surface area contributed by atoms with E-state index in [9.17, 15) is 9.90 Å². The molecule has 0 saturated carbocycles. The van der Waals surface area contributed by atoms with Gasteiger partial charge in [0, 0.05) is 19.1 Å². The molecule has 2 heterocycles. The Balaban J connectivity index is 2.16. The highest BCUT2D eigenvalue weighted by Crippen LogP contribution is 2.31. The molecule has 3 rings (SSSR count). The molecule has 1 aliphatic heterocycles. The maximum atomic E-state index is 11.4. The number of para-hydroxylation sites is 1. The molecule has 1 saturated heterocycles. The second kappa shape index (κ2) is 5.48. The minimum absolute atomic E-state index is 0.230. The van der Waals surface area contributed by atoms with Crippen molar-refractivity contribution < 1.29 is 14.6 Å². The Morgan fingerprint density at radius 1 is 1.52 bits per heavy atom. The van der Waals surface area contributed by atoms with Crippen molar-refractivity contribution in [3.63, 3.8) is 0 Å². The summed E-state index contributed by atoms with van der Waals surface area (Å²) in [4.78, 5) is 16.0. The number of carboxylic acid groups (broad SMARTS) is 1. The largest absolute Gasteiger partial charge is 0.478 e. The predicted octanol–water partition coefficient (Wildman–Crippen LogP) is 3.04. The molecule has 2 atom stereocenters. The highest BCUT2D eigenvalue weighted by atomic mass is 16.5. The normalized spacial score (nSPS) is 22.6. The molecule has 0 spiro atoms. The second-order valence-electron chi connectivity index (χ2n) is 5.59. The van der Waals surface area contributed by atoms with E-state index in [1.165, 1.54) is 0 Å². The number of aromatic carboxylic acids is 1. The summed E-state index contributed by atoms with van der Waals surface area (Å²) in [6.45, 7) is 4.88. The van der Waals surface area contributed by atoms with Gasteiger partial charge in [-0.15, -0.1) is 0 Å². The number of benzene rings is 1. The average molecular weight is 288 g/mol. The summed E-state index contributed by atoms with van der Waals surface area (Å²) >= 11 is 0. The summed E-state index contributed by atoms with van der Waals surface area (Å²) in [7, 11) is 0. The van der Waals surface area contributed by atoms with Crippen molar-refractivity contribution in [1.82, 2.24) is 9.55 Å². The lowest BCUT2D eigenvalue weighted by molar-refractivity contribution is 0.00624. The van der Waals surface area contributed by atoms with E-state index in [1.54, 1.807) is 12.1 Å². The highest BCUT2D eigenvalue weighted by Gasteiger charge is 2.25. The van der Waals surface area contributed by atoms with Crippen LogP contribution in [0.5, 0.6) is 0 Å². The smallest absolute Gasteiger partial charge is 0.337 e. The van der Waals surface area contributed by atoms with Gasteiger partial charge in [-0.2, -0.15) is 0 Å². The summed E-state index contributed by atoms with van der Waals surface area (Å²) < 4.78 is 7.85. The van der Waals surface area contributed by atoms with E-state index in [2.05, 4.69) is 23.4 Å². The Morgan fingerprint density at radius 2 is 2.33 bits per heavy atom. The van der Waals surface area contributed by atoms with Crippen molar-refractivity contribution in [2.45, 2.75) is 45.3 Å². The van der Waals surface area contributed by atoms with Crippen LogP contribution in [0.3, 0.4) is 0 Å². The summed E-state index contributed by atoms with van der Waals surface area (Å²) in [6, 6.07) is 5.71. The van der Waals surface area contributed by atoms with Gasteiger partial charge in [0.25, 0.3) is 0 Å². The van der Waals surface area contributed by atoms with Crippen LogP contribution in [0.15, 0.2) is 18.2 Å². The molecular formula is C16H20N2O3. The third-order valence-corrected chi connectivity index (χ3v) is 4.16. The molecule has 1 aliphatic rings. The molecular weight excluding hydrogens is 268 g/mol. The van der Waals surface area contributed by atoms with E-state index in [4.69, 9.17) is 4.74 Å². The van der Waals surface area contributed by atoms with Gasteiger partial charge in [-0.05, 0) is 31.9 Å². The zero-order chi connectivity index (χ0) is 15.0. The van der Waals surface area contributed by atoms with Crippen LogP contribution in [0, 0.1) is 0 Å². The van der Waals surface area contributed by atoms with Gasteiger partial charge < -0.3 is 14.4 Å². The van der Waals surface area contributed by atoms with Crippen molar-refractivity contribution in [3.8, 4) is 0 Å². The molecule has 1 aromatic heterocycles. The van der Waals surface area contributed by atoms with Gasteiger partial charge in [0.1, 0.15) is 11.3 Å². The number of imidazole rings is 1. The minimum Gasteiger partial charge on any atom is -0.478 e. The van der Waals surface area contributed by atoms with Crippen molar-refractivity contribution in [1.29, 1.82) is 0 Å².